The summed E-state index contributed by atoms with van der Waals surface area (Å²) in [6.07, 6.45) is 0. The molecule has 5 nitrogen and oxygen atoms in total. The molecule has 1 unspecified atom stereocenters. The molecular weight excluding hydrogens is 163 g/mol. The second-order valence-corrected chi connectivity index (χ2v) is 1.85. The summed E-state index contributed by atoms with van der Waals surface area (Å²) in [5.41, 5.74) is 2.07. The van der Waals surface area contributed by atoms with Crippen molar-refractivity contribution >= 4 is 16.0 Å². The maximum atomic E-state index is 10.2. The number of hydrogen-bond donors (Lipinski definition) is 1. The third kappa shape index (κ3) is 0.889. The van der Waals surface area contributed by atoms with Crippen LogP contribution in [0, 0.1) is 5.21 Å². The van der Waals surface area contributed by atoms with E-state index in [2.05, 4.69) is 31.9 Å². The molecule has 1 aliphatic rings. The molecule has 0 saturated heterocycles. The molecule has 39 valence electrons. The Morgan fingerprint density at radius 3 is 2.71 bits per heavy atom. The van der Waals surface area contributed by atoms with Gasteiger partial charge in [0.05, 0.1) is 0 Å². The fourth-order valence-corrected chi connectivity index (χ4v) is 0.413. The van der Waals surface area contributed by atoms with Crippen LogP contribution >= 0.6 is 0 Å². The molecule has 0 fully saturated rings. The average Bonchev–Trinajstić information content (AvgIpc) is 1.91. The van der Waals surface area contributed by atoms with Crippen LogP contribution in [0.3, 0.4) is 0 Å². The molecule has 1 aliphatic heterocycles. The van der Waals surface area contributed by atoms with Gasteiger partial charge >= 0.3 is 47.3 Å². The van der Waals surface area contributed by atoms with Gasteiger partial charge in [-0.2, -0.15) is 0 Å². The van der Waals surface area contributed by atoms with Crippen LogP contribution in [-0.2, 0) is 0 Å². The zero-order chi connectivity index (χ0) is 5.28. The van der Waals surface area contributed by atoms with Crippen LogP contribution in [0.5, 0.6) is 0 Å². The molecule has 0 amide bonds. The normalized spacial score (nSPS) is 30.9. The maximum absolute atomic E-state index is 10.2. The van der Waals surface area contributed by atoms with Crippen LogP contribution in [0.1, 0.15) is 0 Å². The second-order valence-electron chi connectivity index (χ2n) is 0.968. The van der Waals surface area contributed by atoms with Gasteiger partial charge in [0.15, 0.2) is 0 Å². The number of hydroxylamine groups is 1. The Kier molecular flexibility index (Phi) is 1.25. The van der Waals surface area contributed by atoms with E-state index in [-0.39, 0.29) is 0 Å². The van der Waals surface area contributed by atoms with Gasteiger partial charge in [0.2, 0.25) is 0 Å². The van der Waals surface area contributed by atoms with E-state index in [1.165, 1.54) is 0 Å². The zero-order valence-corrected chi connectivity index (χ0v) is 4.95. The van der Waals surface area contributed by atoms with Crippen molar-refractivity contribution < 1.29 is 0 Å². The number of nitrogens with zero attached hydrogens (tertiary/aromatic N) is 3. The monoisotopic (exact) mass is 166 g/mol. The molecule has 6 heteroatoms. The minimum absolute atomic E-state index is 0.486. The van der Waals surface area contributed by atoms with Gasteiger partial charge in [-0.1, -0.05) is 0 Å². The fraction of sp³-hybridized carbons (Fsp3) is 1.00. The van der Waals surface area contributed by atoms with Crippen LogP contribution in [0.15, 0.2) is 10.3 Å². The van der Waals surface area contributed by atoms with Crippen molar-refractivity contribution in [3.05, 3.63) is 5.21 Å². The number of hydrazine groups is 1. The molecule has 0 saturated carbocycles. The molecule has 0 aliphatic carbocycles. The molecule has 1 heterocycles. The standard InChI is InChI=1S/CH2N4OSe/c6-5-1(7)2-3-4-5/h1H,(H,2,4)/q-1. The second kappa shape index (κ2) is 1.75. The predicted molar refractivity (Wildman–Crippen MR) is 22.7 cm³/mol. The van der Waals surface area contributed by atoms with Gasteiger partial charge in [0.25, 0.3) is 0 Å². The van der Waals surface area contributed by atoms with Crippen molar-refractivity contribution in [1.82, 2.24) is 10.7 Å². The molecule has 0 bridgehead atoms. The van der Waals surface area contributed by atoms with Gasteiger partial charge in [0.1, 0.15) is 0 Å². The summed E-state index contributed by atoms with van der Waals surface area (Å²) in [6.45, 7) is 0. The quantitative estimate of drug-likeness (QED) is 0.474. The van der Waals surface area contributed by atoms with Crippen LogP contribution in [0.25, 0.3) is 0 Å². The van der Waals surface area contributed by atoms with Crippen LogP contribution in [0.4, 0.5) is 0 Å². The van der Waals surface area contributed by atoms with Crippen molar-refractivity contribution in [2.45, 2.75) is 5.06 Å². The Morgan fingerprint density at radius 2 is 2.57 bits per heavy atom. The third-order valence-electron chi connectivity index (χ3n) is 0.500. The summed E-state index contributed by atoms with van der Waals surface area (Å²) < 4.78 is 0. The number of rotatable bonds is 0. The van der Waals surface area contributed by atoms with Gasteiger partial charge in [-0.25, -0.2) is 0 Å². The van der Waals surface area contributed by atoms with Crippen molar-refractivity contribution in [2.24, 2.45) is 10.3 Å². The summed E-state index contributed by atoms with van der Waals surface area (Å²) in [7, 11) is 0. The Hall–Kier alpha value is -0.161. The van der Waals surface area contributed by atoms with E-state index in [1.807, 2.05) is 0 Å². The summed E-state index contributed by atoms with van der Waals surface area (Å²) in [6, 6.07) is 0. The van der Waals surface area contributed by atoms with Crippen molar-refractivity contribution in [3.8, 4) is 0 Å². The van der Waals surface area contributed by atoms with Gasteiger partial charge in [-0.3, -0.25) is 0 Å². The third-order valence-corrected chi connectivity index (χ3v) is 1.10. The molecule has 1 radical (unpaired) electrons. The molecule has 0 aromatic heterocycles. The van der Waals surface area contributed by atoms with Crippen molar-refractivity contribution in [3.63, 3.8) is 0 Å². The summed E-state index contributed by atoms with van der Waals surface area (Å²) in [5, 5.41) is 16.8. The minimum atomic E-state index is -0.486. The molecule has 0 aromatic carbocycles. The fourth-order valence-electron chi connectivity index (χ4n) is 0.216. The summed E-state index contributed by atoms with van der Waals surface area (Å²) in [4.78, 5) is 0. The summed E-state index contributed by atoms with van der Waals surface area (Å²) >= 11 is 2.48. The van der Waals surface area contributed by atoms with E-state index in [9.17, 15) is 5.21 Å². The molecule has 1 N–H and O–H groups in total. The number of hydrogen-bond acceptors (Lipinski definition) is 5. The van der Waals surface area contributed by atoms with Crippen LogP contribution < -0.4 is 5.53 Å². The van der Waals surface area contributed by atoms with Gasteiger partial charge in [-0.15, -0.1) is 0 Å². The first-order valence-electron chi connectivity index (χ1n) is 1.58. The Labute approximate surface area is 48.1 Å². The summed E-state index contributed by atoms with van der Waals surface area (Å²) in [5.74, 6) is 0. The Morgan fingerprint density at radius 1 is 1.86 bits per heavy atom. The SMILES string of the molecule is [O-]N1NN=NC1[Se]. The van der Waals surface area contributed by atoms with Gasteiger partial charge < -0.3 is 0 Å². The average molecular weight is 165 g/mol. The first-order chi connectivity index (χ1) is 3.30. The van der Waals surface area contributed by atoms with Crippen molar-refractivity contribution in [1.29, 1.82) is 0 Å². The van der Waals surface area contributed by atoms with E-state index >= 15 is 0 Å². The molecule has 0 spiro atoms. The van der Waals surface area contributed by atoms with E-state index < -0.39 is 5.06 Å². The zero-order valence-electron chi connectivity index (χ0n) is 3.24. The molecule has 1 atom stereocenters. The van der Waals surface area contributed by atoms with Gasteiger partial charge in [-0.05, 0) is 0 Å². The topological polar surface area (TPSA) is 63.0 Å². The molecule has 0 aromatic rings. The predicted octanol–water partition coefficient (Wildman–Crippen LogP) is -0.876. The van der Waals surface area contributed by atoms with Crippen LogP contribution in [0.2, 0.25) is 0 Å². The van der Waals surface area contributed by atoms with E-state index in [0.29, 0.717) is 5.17 Å². The van der Waals surface area contributed by atoms with Crippen LogP contribution in [-0.4, -0.2) is 26.2 Å². The first kappa shape index (κ1) is 4.99. The van der Waals surface area contributed by atoms with Gasteiger partial charge in [0, 0.05) is 0 Å². The van der Waals surface area contributed by atoms with E-state index in [0.717, 1.165) is 0 Å². The molecule has 7 heavy (non-hydrogen) atoms. The number of nitrogens with one attached hydrogen (secondary N) is 1. The first-order valence-corrected chi connectivity index (χ1v) is 2.57. The van der Waals surface area contributed by atoms with Crippen molar-refractivity contribution in [2.75, 3.05) is 0 Å². The molecular formula is CH2N4OSe-. The molecule has 1 rings (SSSR count). The van der Waals surface area contributed by atoms with E-state index in [4.69, 9.17) is 0 Å². The Bertz CT molecular complexity index is 93.7. The Balaban J connectivity index is 2.45. The van der Waals surface area contributed by atoms with E-state index in [1.54, 1.807) is 0 Å².